The van der Waals surface area contributed by atoms with Gasteiger partial charge in [0.1, 0.15) is 0 Å². The summed E-state index contributed by atoms with van der Waals surface area (Å²) in [6, 6.07) is 14.5. The van der Waals surface area contributed by atoms with Gasteiger partial charge in [0.15, 0.2) is 0 Å². The third-order valence-corrected chi connectivity index (χ3v) is 22.6. The average molecular weight is 967 g/mol. The van der Waals surface area contributed by atoms with E-state index in [0.29, 0.717) is 28.1 Å². The molecular weight excluding hydrogens is 909 g/mol. The molecule has 2 aromatic carbocycles. The third-order valence-electron chi connectivity index (χ3n) is 13.5. The van der Waals surface area contributed by atoms with Gasteiger partial charge < -0.3 is 0 Å². The van der Waals surface area contributed by atoms with Gasteiger partial charge in [-0.25, -0.2) is 0 Å². The molecule has 2 aromatic rings. The van der Waals surface area contributed by atoms with Crippen molar-refractivity contribution in [2.45, 2.75) is 125 Å². The Morgan fingerprint density at radius 3 is 1.19 bits per heavy atom. The first kappa shape index (κ1) is 44.9. The van der Waals surface area contributed by atoms with Crippen molar-refractivity contribution in [3.05, 3.63) is 114 Å². The molecule has 4 aliphatic rings. The molecule has 6 rings (SSSR count). The first-order valence-electron chi connectivity index (χ1n) is 18.6. The minimum atomic E-state index is -1.85. The van der Waals surface area contributed by atoms with Crippen LogP contribution in [0.5, 0.6) is 0 Å². The van der Waals surface area contributed by atoms with Gasteiger partial charge in [0, 0.05) is 11.1 Å². The normalized spacial score (nSPS) is 20.5. The zero-order valence-corrected chi connectivity index (χ0v) is 44.0. The standard InChI is InChI=1S/C44H58Si2.4ClH.2Zr/c1-24(2)38-23-40-35(19-17-21-37(40)44(38)46(14,15)43-32(10)28(6)29(7)33(43)11)34-18-16-20-36-39(34)22-25(3)41(36)45(12,13)42-30(8)26(4)27(5)31(42)9;;;;;;/h16-24,41-44H,1-15H3;4*1H;;/q;;;;;2*+2/p-4. The summed E-state index contributed by atoms with van der Waals surface area (Å²) in [5.74, 6) is 0.528. The Morgan fingerprint density at radius 2 is 0.827 bits per heavy atom. The molecule has 4 aliphatic carbocycles. The molecule has 0 saturated heterocycles. The summed E-state index contributed by atoms with van der Waals surface area (Å²) in [6.07, 6.45) is 5.20. The Balaban J connectivity index is 0.000000944. The van der Waals surface area contributed by atoms with Crippen LogP contribution in [0, 0.1) is 5.92 Å². The van der Waals surface area contributed by atoms with E-state index in [1.165, 1.54) is 44.5 Å². The molecule has 0 nitrogen and oxygen atoms in total. The topological polar surface area (TPSA) is 0 Å². The van der Waals surface area contributed by atoms with E-state index in [1.807, 2.05) is 0 Å². The second-order valence-electron chi connectivity index (χ2n) is 17.1. The molecule has 52 heavy (non-hydrogen) atoms. The van der Waals surface area contributed by atoms with Crippen molar-refractivity contribution in [3.63, 3.8) is 0 Å². The van der Waals surface area contributed by atoms with Crippen LogP contribution in [0.25, 0.3) is 23.3 Å². The second-order valence-corrected chi connectivity index (χ2v) is 34.1. The van der Waals surface area contributed by atoms with Gasteiger partial charge in [-0.2, -0.15) is 0 Å². The maximum absolute atomic E-state index is 4.93. The Labute approximate surface area is 356 Å². The van der Waals surface area contributed by atoms with Crippen molar-refractivity contribution in [1.29, 1.82) is 0 Å². The summed E-state index contributed by atoms with van der Waals surface area (Å²) in [7, 11) is 16.1. The Hall–Kier alpha value is 0.240. The molecule has 0 amide bonds. The van der Waals surface area contributed by atoms with Crippen LogP contribution in [0.3, 0.4) is 0 Å². The quantitative estimate of drug-likeness (QED) is 0.253. The van der Waals surface area contributed by atoms with Crippen molar-refractivity contribution >= 4 is 62.4 Å². The van der Waals surface area contributed by atoms with Crippen molar-refractivity contribution in [2.24, 2.45) is 5.92 Å². The van der Waals surface area contributed by atoms with Gasteiger partial charge in [-0.05, 0) is 135 Å². The molecule has 0 aromatic heterocycles. The van der Waals surface area contributed by atoms with Gasteiger partial charge in [-0.1, -0.05) is 122 Å². The van der Waals surface area contributed by atoms with Crippen molar-refractivity contribution in [3.8, 4) is 11.1 Å². The van der Waals surface area contributed by atoms with Gasteiger partial charge in [0.05, 0.1) is 16.1 Å². The van der Waals surface area contributed by atoms with E-state index in [-0.39, 0.29) is 0 Å². The molecule has 0 fully saturated rings. The molecule has 0 N–H and O–H groups in total. The maximum atomic E-state index is 4.93. The number of fused-ring (bicyclic) bond motifs is 2. The van der Waals surface area contributed by atoms with Crippen LogP contribution in [0.2, 0.25) is 37.3 Å². The molecule has 0 bridgehead atoms. The molecule has 0 saturated carbocycles. The van der Waals surface area contributed by atoms with E-state index in [4.69, 9.17) is 34.1 Å². The van der Waals surface area contributed by atoms with Crippen LogP contribution < -0.4 is 0 Å². The minimum absolute atomic E-state index is 0.528. The molecule has 0 aliphatic heterocycles. The number of rotatable bonds is 6. The van der Waals surface area contributed by atoms with Crippen LogP contribution in [0.15, 0.2) is 92.1 Å². The first-order chi connectivity index (χ1) is 24.3. The predicted octanol–water partition coefficient (Wildman–Crippen LogP) is 16.4. The number of hydrogen-bond donors (Lipinski definition) is 0. The van der Waals surface area contributed by atoms with Crippen LogP contribution in [0.4, 0.5) is 0 Å². The van der Waals surface area contributed by atoms with Crippen molar-refractivity contribution < 1.29 is 41.7 Å². The summed E-state index contributed by atoms with van der Waals surface area (Å²) >= 11 is -1.65. The number of halogens is 4. The van der Waals surface area contributed by atoms with Crippen LogP contribution in [-0.4, -0.2) is 16.1 Å². The number of hydrogen-bond acceptors (Lipinski definition) is 0. The fourth-order valence-corrected chi connectivity index (χ4v) is 21.7. The zero-order chi connectivity index (χ0) is 39.2. The molecular formula is C44H58Cl4Si2Zr2. The SMILES string of the molecule is CC1=Cc2c(-c3cccc4c3C=C(C(C)C)C4[Si](C)(C)C3C(C)=C(C)C(C)=C3C)cccc2C1[Si](C)(C)C1C(C)=C(C)C(C)=C1C.[Cl][Zr][Cl].[Cl][Zr][Cl]. The summed E-state index contributed by atoms with van der Waals surface area (Å²) in [5, 5.41) is 0. The summed E-state index contributed by atoms with van der Waals surface area (Å²) in [4.78, 5) is 0. The predicted molar refractivity (Wildman–Crippen MR) is 233 cm³/mol. The van der Waals surface area contributed by atoms with E-state index in [2.05, 4.69) is 151 Å². The second kappa shape index (κ2) is 17.8. The summed E-state index contributed by atoms with van der Waals surface area (Å²) < 4.78 is 0. The van der Waals surface area contributed by atoms with E-state index in [1.54, 1.807) is 44.6 Å². The Bertz CT molecular complexity index is 1870. The molecule has 0 heterocycles. The average Bonchev–Trinajstić information content (AvgIpc) is 3.75. The van der Waals surface area contributed by atoms with E-state index >= 15 is 0 Å². The van der Waals surface area contributed by atoms with Gasteiger partial charge in [-0.15, -0.1) is 0 Å². The zero-order valence-electron chi connectivity index (χ0n) is 34.0. The van der Waals surface area contributed by atoms with E-state index in [9.17, 15) is 0 Å². The molecule has 278 valence electrons. The third kappa shape index (κ3) is 7.89. The van der Waals surface area contributed by atoms with Crippen molar-refractivity contribution in [2.75, 3.05) is 0 Å². The van der Waals surface area contributed by atoms with Gasteiger partial charge in [0.25, 0.3) is 0 Å². The monoisotopic (exact) mass is 962 g/mol. The van der Waals surface area contributed by atoms with E-state index < -0.39 is 57.8 Å². The number of benzene rings is 2. The summed E-state index contributed by atoms with van der Waals surface area (Å²) in [5.41, 5.74) is 27.1. The summed E-state index contributed by atoms with van der Waals surface area (Å²) in [6.45, 7) is 37.0. The molecule has 2 unspecified atom stereocenters. The van der Waals surface area contributed by atoms with Crippen LogP contribution in [-0.2, 0) is 41.7 Å². The number of allylic oxidation sites excluding steroid dienone is 10. The van der Waals surface area contributed by atoms with Gasteiger partial charge in [-0.3, -0.25) is 0 Å². The van der Waals surface area contributed by atoms with Crippen molar-refractivity contribution in [1.82, 2.24) is 0 Å². The van der Waals surface area contributed by atoms with E-state index in [0.717, 1.165) is 0 Å². The molecule has 2 atom stereocenters. The first-order valence-corrected chi connectivity index (χ1v) is 37.5. The van der Waals surface area contributed by atoms with Crippen LogP contribution in [0.1, 0.15) is 109 Å². The molecule has 8 heteroatoms. The van der Waals surface area contributed by atoms with Crippen LogP contribution >= 0.6 is 34.1 Å². The molecule has 0 spiro atoms. The van der Waals surface area contributed by atoms with Gasteiger partial charge >= 0.3 is 75.7 Å². The molecule has 0 radical (unpaired) electrons. The fraction of sp³-hybridized carbons (Fsp3) is 0.455. The Kier molecular flexibility index (Phi) is 15.4. The van der Waals surface area contributed by atoms with Gasteiger partial charge in [0.2, 0.25) is 0 Å². The fourth-order valence-electron chi connectivity index (χ4n) is 11.0. The Morgan fingerprint density at radius 1 is 0.500 bits per heavy atom.